The van der Waals surface area contributed by atoms with E-state index >= 15 is 0 Å². The van der Waals surface area contributed by atoms with E-state index in [-0.39, 0.29) is 12.0 Å². The lowest BCUT2D eigenvalue weighted by atomic mass is 10.1. The van der Waals surface area contributed by atoms with Gasteiger partial charge in [-0.2, -0.15) is 15.0 Å². The van der Waals surface area contributed by atoms with Crippen molar-refractivity contribution in [1.82, 2.24) is 15.0 Å². The molecule has 0 amide bonds. The number of ether oxygens (including phenoxy) is 1. The fraction of sp³-hybridized carbons (Fsp3) is 0.750. The lowest BCUT2D eigenvalue weighted by molar-refractivity contribution is 0.219. The molecule has 0 spiro atoms. The van der Waals surface area contributed by atoms with Crippen molar-refractivity contribution >= 4 is 11.9 Å². The van der Waals surface area contributed by atoms with Gasteiger partial charge >= 0.3 is 6.01 Å². The Bertz CT molecular complexity index is 423. The Morgan fingerprint density at radius 2 is 2.00 bits per heavy atom. The van der Waals surface area contributed by atoms with Crippen LogP contribution in [0.25, 0.3) is 0 Å². The highest BCUT2D eigenvalue weighted by molar-refractivity contribution is 5.35. The number of aromatic nitrogens is 3. The zero-order chi connectivity index (χ0) is 13.7. The normalized spacial score (nSPS) is 15.9. The van der Waals surface area contributed by atoms with Crippen LogP contribution in [0.2, 0.25) is 0 Å². The summed E-state index contributed by atoms with van der Waals surface area (Å²) in [6.45, 7) is 3.47. The van der Waals surface area contributed by atoms with Gasteiger partial charge in [-0.3, -0.25) is 0 Å². The quantitative estimate of drug-likeness (QED) is 0.644. The van der Waals surface area contributed by atoms with Crippen LogP contribution < -0.4 is 15.4 Å². The highest BCUT2D eigenvalue weighted by atomic mass is 16.5. The second-order valence-electron chi connectivity index (χ2n) is 4.88. The Kier molecular flexibility index (Phi) is 4.36. The number of anilines is 2. The summed E-state index contributed by atoms with van der Waals surface area (Å²) < 4.78 is 5.42. The topological polar surface area (TPSA) is 92.2 Å². The molecule has 106 valence electrons. The molecule has 0 bridgehead atoms. The molecular weight excluding hydrogens is 246 g/mol. The Morgan fingerprint density at radius 3 is 2.58 bits per heavy atom. The largest absolute Gasteiger partial charge is 0.463 e. The van der Waals surface area contributed by atoms with Gasteiger partial charge in [-0.25, -0.2) is 0 Å². The van der Waals surface area contributed by atoms with Crippen LogP contribution in [0.5, 0.6) is 6.01 Å². The molecule has 0 unspecified atom stereocenters. The molecule has 2 rings (SSSR count). The van der Waals surface area contributed by atoms with Crippen molar-refractivity contribution in [3.63, 3.8) is 0 Å². The lowest BCUT2D eigenvalue weighted by Crippen LogP contribution is -2.20. The van der Waals surface area contributed by atoms with Crippen molar-refractivity contribution < 1.29 is 9.84 Å². The summed E-state index contributed by atoms with van der Waals surface area (Å²) in [6.07, 6.45) is 2.98. The predicted octanol–water partition coefficient (Wildman–Crippen LogP) is 0.886. The van der Waals surface area contributed by atoms with Crippen LogP contribution in [-0.2, 0) is 0 Å². The Labute approximate surface area is 112 Å². The van der Waals surface area contributed by atoms with Crippen LogP contribution >= 0.6 is 0 Å². The van der Waals surface area contributed by atoms with Crippen molar-refractivity contribution in [2.75, 3.05) is 37.4 Å². The molecule has 0 saturated heterocycles. The molecule has 1 fully saturated rings. The second-order valence-corrected chi connectivity index (χ2v) is 4.88. The van der Waals surface area contributed by atoms with E-state index in [0.717, 1.165) is 19.3 Å². The first-order valence-electron chi connectivity index (χ1n) is 6.63. The molecule has 1 saturated carbocycles. The summed E-state index contributed by atoms with van der Waals surface area (Å²) in [7, 11) is 1.75. The van der Waals surface area contributed by atoms with Gasteiger partial charge in [-0.05, 0) is 19.3 Å². The van der Waals surface area contributed by atoms with Crippen molar-refractivity contribution in [2.45, 2.75) is 26.2 Å². The molecule has 1 aliphatic rings. The van der Waals surface area contributed by atoms with E-state index < -0.39 is 0 Å². The van der Waals surface area contributed by atoms with Crippen LogP contribution in [-0.4, -0.2) is 46.9 Å². The third-order valence-corrected chi connectivity index (χ3v) is 3.19. The van der Waals surface area contributed by atoms with Crippen molar-refractivity contribution in [2.24, 2.45) is 5.41 Å². The average Bonchev–Trinajstić information content (AvgIpc) is 3.23. The molecular formula is C12H21N5O2. The van der Waals surface area contributed by atoms with Gasteiger partial charge in [-0.1, -0.05) is 6.92 Å². The summed E-state index contributed by atoms with van der Waals surface area (Å²) in [4.78, 5) is 12.6. The number of nitrogens with zero attached hydrogens (tertiary/aromatic N) is 3. The smallest absolute Gasteiger partial charge is 0.323 e. The van der Waals surface area contributed by atoms with Gasteiger partial charge < -0.3 is 20.5 Å². The fourth-order valence-corrected chi connectivity index (χ4v) is 1.64. The molecule has 1 heterocycles. The van der Waals surface area contributed by atoms with E-state index in [0.29, 0.717) is 31.1 Å². The maximum atomic E-state index is 9.28. The maximum Gasteiger partial charge on any atom is 0.323 e. The van der Waals surface area contributed by atoms with Crippen molar-refractivity contribution in [1.29, 1.82) is 0 Å². The summed E-state index contributed by atoms with van der Waals surface area (Å²) in [6, 6.07) is 0.317. The van der Waals surface area contributed by atoms with Gasteiger partial charge in [0.05, 0.1) is 13.2 Å². The first kappa shape index (κ1) is 13.8. The third-order valence-electron chi connectivity index (χ3n) is 3.19. The Balaban J connectivity index is 2.01. The molecule has 7 nitrogen and oxygen atoms in total. The lowest BCUT2D eigenvalue weighted by Gasteiger charge is -2.13. The molecule has 0 atom stereocenters. The Morgan fingerprint density at radius 1 is 1.26 bits per heavy atom. The van der Waals surface area contributed by atoms with Crippen LogP contribution in [0.15, 0.2) is 0 Å². The molecule has 1 aliphatic carbocycles. The minimum atomic E-state index is 0.0108. The standard InChI is InChI=1S/C12H21N5O2/c1-3-6-19-11-16-9(13-2)15-10(17-11)14-7-12(8-18)4-5-12/h18H,3-8H2,1-2H3,(H2,13,14,15,16,17). The molecule has 3 N–H and O–H groups in total. The van der Waals surface area contributed by atoms with E-state index in [2.05, 4.69) is 25.6 Å². The Hall–Kier alpha value is -1.63. The summed E-state index contributed by atoms with van der Waals surface area (Å²) in [5, 5.41) is 15.3. The van der Waals surface area contributed by atoms with Gasteiger partial charge in [0.15, 0.2) is 0 Å². The van der Waals surface area contributed by atoms with Crippen LogP contribution in [0, 0.1) is 5.41 Å². The van der Waals surface area contributed by atoms with E-state index in [1.54, 1.807) is 7.05 Å². The van der Waals surface area contributed by atoms with Crippen LogP contribution in [0.4, 0.5) is 11.9 Å². The number of rotatable bonds is 8. The zero-order valence-corrected chi connectivity index (χ0v) is 11.4. The minimum Gasteiger partial charge on any atom is -0.463 e. The molecule has 19 heavy (non-hydrogen) atoms. The van der Waals surface area contributed by atoms with Gasteiger partial charge in [-0.15, -0.1) is 0 Å². The number of hydrogen-bond acceptors (Lipinski definition) is 7. The highest BCUT2D eigenvalue weighted by Crippen LogP contribution is 2.44. The summed E-state index contributed by atoms with van der Waals surface area (Å²) in [5.74, 6) is 0.947. The third kappa shape index (κ3) is 3.66. The van der Waals surface area contributed by atoms with Gasteiger partial charge in [0.1, 0.15) is 0 Å². The van der Waals surface area contributed by atoms with Gasteiger partial charge in [0.2, 0.25) is 11.9 Å². The number of hydrogen-bond donors (Lipinski definition) is 3. The molecule has 7 heteroatoms. The van der Waals surface area contributed by atoms with Gasteiger partial charge in [0, 0.05) is 19.0 Å². The fourth-order valence-electron chi connectivity index (χ4n) is 1.64. The molecule has 1 aromatic rings. The maximum absolute atomic E-state index is 9.28. The van der Waals surface area contributed by atoms with E-state index in [1.807, 2.05) is 6.92 Å². The monoisotopic (exact) mass is 267 g/mol. The number of aliphatic hydroxyl groups is 1. The SMILES string of the molecule is CCCOc1nc(NC)nc(NCC2(CO)CC2)n1. The number of nitrogens with one attached hydrogen (secondary N) is 2. The highest BCUT2D eigenvalue weighted by Gasteiger charge is 2.41. The predicted molar refractivity (Wildman–Crippen MR) is 72.4 cm³/mol. The van der Waals surface area contributed by atoms with Crippen LogP contribution in [0.3, 0.4) is 0 Å². The minimum absolute atomic E-state index is 0.0108. The van der Waals surface area contributed by atoms with Crippen LogP contribution in [0.1, 0.15) is 26.2 Å². The summed E-state index contributed by atoms with van der Waals surface area (Å²) >= 11 is 0. The van der Waals surface area contributed by atoms with Crippen molar-refractivity contribution in [3.8, 4) is 6.01 Å². The zero-order valence-electron chi connectivity index (χ0n) is 11.4. The first-order chi connectivity index (χ1) is 9.21. The van der Waals surface area contributed by atoms with E-state index in [4.69, 9.17) is 4.74 Å². The molecule has 0 aromatic carbocycles. The van der Waals surface area contributed by atoms with Crippen molar-refractivity contribution in [3.05, 3.63) is 0 Å². The van der Waals surface area contributed by atoms with E-state index in [1.165, 1.54) is 0 Å². The van der Waals surface area contributed by atoms with Gasteiger partial charge in [0.25, 0.3) is 0 Å². The molecule has 0 radical (unpaired) electrons. The summed E-state index contributed by atoms with van der Waals surface area (Å²) in [5.41, 5.74) is 0.0108. The molecule has 0 aliphatic heterocycles. The first-order valence-corrected chi connectivity index (χ1v) is 6.63. The molecule has 1 aromatic heterocycles. The van der Waals surface area contributed by atoms with E-state index in [9.17, 15) is 5.11 Å². The average molecular weight is 267 g/mol. The number of aliphatic hydroxyl groups excluding tert-OH is 1. The second kappa shape index (κ2) is 6.01.